The van der Waals surface area contributed by atoms with Crippen LogP contribution in [-0.2, 0) is 16.1 Å². The highest BCUT2D eigenvalue weighted by Gasteiger charge is 2.26. The predicted molar refractivity (Wildman–Crippen MR) is 121 cm³/mol. The number of amides is 2. The maximum absolute atomic E-state index is 12.5. The topological polar surface area (TPSA) is 59.1 Å². The number of carbonyl (C=O) groups is 2. The molecule has 0 aromatic heterocycles. The smallest absolute Gasteiger partial charge is 0.410 e. The van der Waals surface area contributed by atoms with Crippen molar-refractivity contribution in [3.05, 3.63) is 71.8 Å². The van der Waals surface area contributed by atoms with Crippen molar-refractivity contribution in [2.24, 2.45) is 0 Å². The number of benzene rings is 2. The van der Waals surface area contributed by atoms with Crippen molar-refractivity contribution in [3.63, 3.8) is 0 Å². The molecule has 0 aliphatic carbocycles. The Kier molecular flexibility index (Phi) is 7.34. The van der Waals surface area contributed by atoms with Crippen molar-refractivity contribution in [1.29, 1.82) is 0 Å². The summed E-state index contributed by atoms with van der Waals surface area (Å²) >= 11 is 0. The maximum Gasteiger partial charge on any atom is 0.410 e. The van der Waals surface area contributed by atoms with Gasteiger partial charge in [0.1, 0.15) is 18.0 Å². The van der Waals surface area contributed by atoms with Crippen LogP contribution in [0.2, 0.25) is 0 Å². The Labute approximate surface area is 184 Å². The summed E-state index contributed by atoms with van der Waals surface area (Å²) < 4.78 is 11.2. The molecule has 0 unspecified atom stereocenters. The monoisotopic (exact) mass is 422 g/mol. The van der Waals surface area contributed by atoms with E-state index in [1.165, 1.54) is 0 Å². The molecule has 0 bridgehead atoms. The molecule has 0 N–H and O–H groups in total. The van der Waals surface area contributed by atoms with E-state index in [1.807, 2.05) is 75.4 Å². The van der Waals surface area contributed by atoms with Crippen molar-refractivity contribution in [2.45, 2.75) is 33.0 Å². The molecule has 1 aliphatic heterocycles. The zero-order valence-corrected chi connectivity index (χ0v) is 18.4. The van der Waals surface area contributed by atoms with Crippen molar-refractivity contribution in [2.75, 3.05) is 26.2 Å². The lowest BCUT2D eigenvalue weighted by Gasteiger charge is -2.35. The molecule has 2 aromatic carbocycles. The summed E-state index contributed by atoms with van der Waals surface area (Å²) in [7, 11) is 0. The van der Waals surface area contributed by atoms with E-state index in [-0.39, 0.29) is 12.0 Å². The molecule has 0 saturated carbocycles. The fraction of sp³-hybridized carbons (Fsp3) is 0.360. The van der Waals surface area contributed by atoms with Crippen LogP contribution in [0.5, 0.6) is 5.75 Å². The Balaban J connectivity index is 1.45. The SMILES string of the molecule is CC(C)(C)OC(=O)N1CCN(C(=O)/C=C/c2ccc(OCc3ccccc3)cc2)CC1. The van der Waals surface area contributed by atoms with Crippen molar-refractivity contribution in [1.82, 2.24) is 9.80 Å². The molecule has 6 nitrogen and oxygen atoms in total. The van der Waals surface area contributed by atoms with Gasteiger partial charge in [0.15, 0.2) is 0 Å². The largest absolute Gasteiger partial charge is 0.489 e. The van der Waals surface area contributed by atoms with Crippen LogP contribution in [-0.4, -0.2) is 53.6 Å². The first-order chi connectivity index (χ1) is 14.8. The molecular weight excluding hydrogens is 392 g/mol. The highest BCUT2D eigenvalue weighted by atomic mass is 16.6. The first-order valence-electron chi connectivity index (χ1n) is 10.5. The van der Waals surface area contributed by atoms with Crippen LogP contribution < -0.4 is 4.74 Å². The van der Waals surface area contributed by atoms with Crippen LogP contribution in [0.4, 0.5) is 4.79 Å². The molecule has 0 radical (unpaired) electrons. The number of carbonyl (C=O) groups excluding carboxylic acids is 2. The normalized spacial score (nSPS) is 14.5. The van der Waals surface area contributed by atoms with Crippen molar-refractivity contribution < 1.29 is 19.1 Å². The number of nitrogens with zero attached hydrogens (tertiary/aromatic N) is 2. The minimum absolute atomic E-state index is 0.0618. The van der Waals surface area contributed by atoms with Crippen LogP contribution in [0.3, 0.4) is 0 Å². The molecule has 3 rings (SSSR count). The van der Waals surface area contributed by atoms with Gasteiger partial charge in [0.25, 0.3) is 0 Å². The summed E-state index contributed by atoms with van der Waals surface area (Å²) in [5.41, 5.74) is 1.52. The predicted octanol–water partition coefficient (Wildman–Crippen LogP) is 4.36. The van der Waals surface area contributed by atoms with E-state index in [2.05, 4.69) is 0 Å². The maximum atomic E-state index is 12.5. The van der Waals surface area contributed by atoms with Crippen LogP contribution in [0.1, 0.15) is 31.9 Å². The Hall–Kier alpha value is -3.28. The van der Waals surface area contributed by atoms with Gasteiger partial charge < -0.3 is 19.3 Å². The molecule has 2 aromatic rings. The second-order valence-corrected chi connectivity index (χ2v) is 8.47. The first-order valence-corrected chi connectivity index (χ1v) is 10.5. The molecule has 6 heteroatoms. The van der Waals surface area contributed by atoms with Gasteiger partial charge in [0, 0.05) is 32.3 Å². The second kappa shape index (κ2) is 10.2. The van der Waals surface area contributed by atoms with Gasteiger partial charge in [0.2, 0.25) is 5.91 Å². The van der Waals surface area contributed by atoms with Crippen LogP contribution >= 0.6 is 0 Å². The standard InChI is InChI=1S/C25H30N2O4/c1-25(2,3)31-24(29)27-17-15-26(16-18-27)23(28)14-11-20-9-12-22(13-10-20)30-19-21-7-5-4-6-8-21/h4-14H,15-19H2,1-3H3/b14-11+. The summed E-state index contributed by atoms with van der Waals surface area (Å²) in [6.45, 7) is 7.99. The molecule has 1 fully saturated rings. The Morgan fingerprint density at radius 1 is 0.903 bits per heavy atom. The summed E-state index contributed by atoms with van der Waals surface area (Å²) in [4.78, 5) is 28.0. The van der Waals surface area contributed by atoms with Gasteiger partial charge in [-0.05, 0) is 50.1 Å². The molecule has 164 valence electrons. The van der Waals surface area contributed by atoms with Gasteiger partial charge in [-0.2, -0.15) is 0 Å². The minimum Gasteiger partial charge on any atom is -0.489 e. The molecule has 0 atom stereocenters. The summed E-state index contributed by atoms with van der Waals surface area (Å²) in [5, 5.41) is 0. The average Bonchev–Trinajstić information content (AvgIpc) is 2.76. The van der Waals surface area contributed by atoms with Crippen LogP contribution in [0.25, 0.3) is 6.08 Å². The van der Waals surface area contributed by atoms with E-state index >= 15 is 0 Å². The van der Waals surface area contributed by atoms with E-state index in [9.17, 15) is 9.59 Å². The Bertz CT molecular complexity index is 893. The van der Waals surface area contributed by atoms with Gasteiger partial charge in [-0.15, -0.1) is 0 Å². The van der Waals surface area contributed by atoms with Crippen molar-refractivity contribution >= 4 is 18.1 Å². The number of ether oxygens (including phenoxy) is 2. The third-order valence-corrected chi connectivity index (χ3v) is 4.79. The van der Waals surface area contributed by atoms with Crippen LogP contribution in [0, 0.1) is 0 Å². The van der Waals surface area contributed by atoms with Gasteiger partial charge in [-0.1, -0.05) is 42.5 Å². The second-order valence-electron chi connectivity index (χ2n) is 8.47. The molecule has 0 spiro atoms. The highest BCUT2D eigenvalue weighted by molar-refractivity contribution is 5.92. The third-order valence-electron chi connectivity index (χ3n) is 4.79. The minimum atomic E-state index is -0.519. The summed E-state index contributed by atoms with van der Waals surface area (Å²) in [6.07, 6.45) is 3.04. The number of hydrogen-bond donors (Lipinski definition) is 0. The first kappa shape index (κ1) is 22.4. The van der Waals surface area contributed by atoms with E-state index < -0.39 is 5.60 Å². The Morgan fingerprint density at radius 3 is 2.13 bits per heavy atom. The van der Waals surface area contributed by atoms with Crippen LogP contribution in [0.15, 0.2) is 60.7 Å². The number of hydrogen-bond acceptors (Lipinski definition) is 4. The van der Waals surface area contributed by atoms with E-state index in [0.29, 0.717) is 32.8 Å². The van der Waals surface area contributed by atoms with E-state index in [0.717, 1.165) is 16.9 Å². The summed E-state index contributed by atoms with van der Waals surface area (Å²) in [5.74, 6) is 0.721. The molecule has 1 saturated heterocycles. The fourth-order valence-electron chi connectivity index (χ4n) is 3.12. The fourth-order valence-corrected chi connectivity index (χ4v) is 3.12. The van der Waals surface area contributed by atoms with Gasteiger partial charge in [0.05, 0.1) is 0 Å². The molecule has 2 amide bonds. The zero-order valence-electron chi connectivity index (χ0n) is 18.4. The molecule has 1 aliphatic rings. The van der Waals surface area contributed by atoms with Gasteiger partial charge in [-0.3, -0.25) is 4.79 Å². The lowest BCUT2D eigenvalue weighted by molar-refractivity contribution is -0.127. The van der Waals surface area contributed by atoms with E-state index in [1.54, 1.807) is 22.0 Å². The molecule has 1 heterocycles. The third kappa shape index (κ3) is 7.17. The summed E-state index contributed by atoms with van der Waals surface area (Å²) in [6, 6.07) is 17.6. The van der Waals surface area contributed by atoms with Gasteiger partial charge in [-0.25, -0.2) is 4.79 Å². The highest BCUT2D eigenvalue weighted by Crippen LogP contribution is 2.16. The molecule has 31 heavy (non-hydrogen) atoms. The number of piperazine rings is 1. The van der Waals surface area contributed by atoms with Gasteiger partial charge >= 0.3 is 6.09 Å². The van der Waals surface area contributed by atoms with Crippen molar-refractivity contribution in [3.8, 4) is 5.75 Å². The van der Waals surface area contributed by atoms with E-state index in [4.69, 9.17) is 9.47 Å². The lowest BCUT2D eigenvalue weighted by atomic mass is 10.2. The quantitative estimate of drug-likeness (QED) is 0.672. The zero-order chi connectivity index (χ0) is 22.3. The number of rotatable bonds is 5. The Morgan fingerprint density at radius 2 is 1.52 bits per heavy atom. The lowest BCUT2D eigenvalue weighted by Crippen LogP contribution is -2.51. The molecular formula is C25H30N2O4. The average molecular weight is 423 g/mol.